The fourth-order valence-electron chi connectivity index (χ4n) is 4.61. The highest BCUT2D eigenvalue weighted by Gasteiger charge is 2.36. The highest BCUT2D eigenvalue weighted by atomic mass is 32.2. The maximum Gasteiger partial charge on any atom is 0.243 e. The molecule has 1 atom stereocenters. The second-order valence-corrected chi connectivity index (χ2v) is 13.0. The van der Waals surface area contributed by atoms with Crippen molar-refractivity contribution < 1.29 is 17.9 Å². The molecule has 2 heterocycles. The van der Waals surface area contributed by atoms with Crippen molar-refractivity contribution in [3.8, 4) is 5.75 Å². The predicted octanol–water partition coefficient (Wildman–Crippen LogP) is 5.78. The second-order valence-electron chi connectivity index (χ2n) is 10.1. The molecular formula is C29H36N2O4S2. The minimum atomic E-state index is -3.83. The molecule has 1 aliphatic rings. The number of rotatable bonds is 9. The molecule has 37 heavy (non-hydrogen) atoms. The molecule has 1 unspecified atom stereocenters. The van der Waals surface area contributed by atoms with Gasteiger partial charge in [0.05, 0.1) is 17.5 Å². The van der Waals surface area contributed by atoms with Gasteiger partial charge in [0.15, 0.2) is 0 Å². The van der Waals surface area contributed by atoms with Gasteiger partial charge < -0.3 is 9.64 Å². The van der Waals surface area contributed by atoms with E-state index in [1.165, 1.54) is 14.7 Å². The van der Waals surface area contributed by atoms with E-state index in [9.17, 15) is 13.2 Å². The third kappa shape index (κ3) is 6.08. The zero-order valence-corrected chi connectivity index (χ0v) is 23.8. The van der Waals surface area contributed by atoms with Gasteiger partial charge in [-0.15, -0.1) is 11.3 Å². The van der Waals surface area contributed by atoms with Crippen LogP contribution >= 0.6 is 11.3 Å². The van der Waals surface area contributed by atoms with Gasteiger partial charge in [-0.05, 0) is 79.9 Å². The fraction of sp³-hybridized carbons (Fsp3) is 0.414. The quantitative estimate of drug-likeness (QED) is 0.345. The first kappa shape index (κ1) is 27.4. The van der Waals surface area contributed by atoms with Crippen molar-refractivity contribution in [1.29, 1.82) is 0 Å². The van der Waals surface area contributed by atoms with Crippen LogP contribution in [0, 0.1) is 6.92 Å². The van der Waals surface area contributed by atoms with Crippen LogP contribution in [0.5, 0.6) is 5.75 Å². The van der Waals surface area contributed by atoms with Crippen LogP contribution in [0.4, 0.5) is 0 Å². The lowest BCUT2D eigenvalue weighted by Crippen LogP contribution is -2.49. The molecule has 198 valence electrons. The van der Waals surface area contributed by atoms with E-state index in [0.29, 0.717) is 19.1 Å². The van der Waals surface area contributed by atoms with Gasteiger partial charge in [-0.3, -0.25) is 4.79 Å². The SMILES string of the molecule is Cc1ccc(S(=O)(=O)N(CC(=O)N2CCc3sccc3C2COc2ccc(C(C)C)cc2)C(C)C)cc1. The molecule has 0 N–H and O–H groups in total. The average Bonchev–Trinajstić information content (AvgIpc) is 3.35. The molecule has 0 aliphatic carbocycles. The van der Waals surface area contributed by atoms with E-state index < -0.39 is 10.0 Å². The molecule has 0 saturated carbocycles. The highest BCUT2D eigenvalue weighted by Crippen LogP contribution is 2.34. The number of aryl methyl sites for hydroxylation is 1. The van der Waals surface area contributed by atoms with Crippen LogP contribution < -0.4 is 4.74 Å². The maximum atomic E-state index is 13.7. The summed E-state index contributed by atoms with van der Waals surface area (Å²) >= 11 is 1.69. The monoisotopic (exact) mass is 540 g/mol. The van der Waals surface area contributed by atoms with Crippen molar-refractivity contribution in [1.82, 2.24) is 9.21 Å². The zero-order chi connectivity index (χ0) is 26.7. The number of amides is 1. The van der Waals surface area contributed by atoms with Gasteiger partial charge in [-0.1, -0.05) is 43.7 Å². The Morgan fingerprint density at radius 3 is 2.35 bits per heavy atom. The maximum absolute atomic E-state index is 13.7. The summed E-state index contributed by atoms with van der Waals surface area (Å²) in [6, 6.07) is 16.2. The van der Waals surface area contributed by atoms with Crippen LogP contribution in [0.2, 0.25) is 0 Å². The first-order valence-corrected chi connectivity index (χ1v) is 15.1. The molecule has 1 aromatic heterocycles. The molecule has 2 aromatic carbocycles. The summed E-state index contributed by atoms with van der Waals surface area (Å²) in [6.07, 6.45) is 0.755. The Hall–Kier alpha value is -2.68. The molecule has 1 amide bonds. The minimum Gasteiger partial charge on any atom is -0.491 e. The standard InChI is InChI=1S/C29H36N2O4S2/c1-20(2)23-8-10-24(11-9-23)35-19-27-26-15-17-36-28(26)14-16-30(27)29(32)18-31(21(3)4)37(33,34)25-12-6-22(5)7-13-25/h6-13,15,17,20-21,27H,14,16,18-19H2,1-5H3. The molecule has 8 heteroatoms. The number of hydrogen-bond donors (Lipinski definition) is 0. The van der Waals surface area contributed by atoms with Crippen molar-refractivity contribution >= 4 is 27.3 Å². The van der Waals surface area contributed by atoms with Gasteiger partial charge in [-0.25, -0.2) is 8.42 Å². The summed E-state index contributed by atoms with van der Waals surface area (Å²) in [5.41, 5.74) is 3.30. The summed E-state index contributed by atoms with van der Waals surface area (Å²) in [7, 11) is -3.83. The van der Waals surface area contributed by atoms with Crippen molar-refractivity contribution in [3.05, 3.63) is 81.5 Å². The van der Waals surface area contributed by atoms with Gasteiger partial charge in [0, 0.05) is 17.5 Å². The third-order valence-corrected chi connectivity index (χ3v) is 9.90. The molecule has 0 spiro atoms. The zero-order valence-electron chi connectivity index (χ0n) is 22.2. The lowest BCUT2D eigenvalue weighted by molar-refractivity contribution is -0.135. The van der Waals surface area contributed by atoms with Crippen LogP contribution in [0.3, 0.4) is 0 Å². The van der Waals surface area contributed by atoms with E-state index in [1.807, 2.05) is 24.4 Å². The summed E-state index contributed by atoms with van der Waals surface area (Å²) < 4.78 is 34.4. The Bertz CT molecular complexity index is 1310. The summed E-state index contributed by atoms with van der Waals surface area (Å²) in [4.78, 5) is 16.9. The Morgan fingerprint density at radius 1 is 1.05 bits per heavy atom. The molecule has 6 nitrogen and oxygen atoms in total. The number of ether oxygens (including phenoxy) is 1. The molecule has 3 aromatic rings. The average molecular weight is 541 g/mol. The Labute approximate surface area is 224 Å². The molecule has 0 fully saturated rings. The molecular weight excluding hydrogens is 504 g/mol. The number of sulfonamides is 1. The van der Waals surface area contributed by atoms with Crippen LogP contribution in [-0.2, 0) is 21.2 Å². The van der Waals surface area contributed by atoms with Gasteiger partial charge in [0.25, 0.3) is 0 Å². The first-order chi connectivity index (χ1) is 17.6. The minimum absolute atomic E-state index is 0.197. The fourth-order valence-corrected chi connectivity index (χ4v) is 7.13. The summed E-state index contributed by atoms with van der Waals surface area (Å²) in [5.74, 6) is 0.976. The van der Waals surface area contributed by atoms with Crippen LogP contribution in [0.25, 0.3) is 0 Å². The van der Waals surface area contributed by atoms with E-state index in [1.54, 1.807) is 54.3 Å². The topological polar surface area (TPSA) is 66.9 Å². The van der Waals surface area contributed by atoms with Gasteiger partial charge in [0.2, 0.25) is 15.9 Å². The number of nitrogens with zero attached hydrogens (tertiary/aromatic N) is 2. The van der Waals surface area contributed by atoms with Crippen molar-refractivity contribution in [3.63, 3.8) is 0 Å². The summed E-state index contributed by atoms with van der Waals surface area (Å²) in [5, 5.41) is 2.05. The van der Waals surface area contributed by atoms with Crippen molar-refractivity contribution in [2.45, 2.75) is 63.9 Å². The highest BCUT2D eigenvalue weighted by molar-refractivity contribution is 7.89. The Kier molecular flexibility index (Phi) is 8.41. The van der Waals surface area contributed by atoms with Gasteiger partial charge >= 0.3 is 0 Å². The normalized spacial score (nSPS) is 15.9. The van der Waals surface area contributed by atoms with Crippen molar-refractivity contribution in [2.75, 3.05) is 19.7 Å². The van der Waals surface area contributed by atoms with Gasteiger partial charge in [-0.2, -0.15) is 4.31 Å². The van der Waals surface area contributed by atoms with Gasteiger partial charge in [0.1, 0.15) is 12.4 Å². The predicted molar refractivity (Wildman–Crippen MR) is 149 cm³/mol. The summed E-state index contributed by atoms with van der Waals surface area (Å²) in [6.45, 7) is 10.4. The number of carbonyl (C=O) groups is 1. The number of hydrogen-bond acceptors (Lipinski definition) is 5. The van der Waals surface area contributed by atoms with E-state index in [4.69, 9.17) is 4.74 Å². The third-order valence-electron chi connectivity index (χ3n) is 6.86. The van der Waals surface area contributed by atoms with Crippen LogP contribution in [0.1, 0.15) is 61.2 Å². The van der Waals surface area contributed by atoms with E-state index >= 15 is 0 Å². The van der Waals surface area contributed by atoms with Crippen molar-refractivity contribution in [2.24, 2.45) is 0 Å². The molecule has 4 rings (SSSR count). The molecule has 1 aliphatic heterocycles. The number of fused-ring (bicyclic) bond motifs is 1. The molecule has 0 radical (unpaired) electrons. The lowest BCUT2D eigenvalue weighted by Gasteiger charge is -2.37. The number of benzene rings is 2. The van der Waals surface area contributed by atoms with Crippen LogP contribution in [0.15, 0.2) is 64.9 Å². The van der Waals surface area contributed by atoms with Crippen LogP contribution in [-0.4, -0.2) is 49.3 Å². The second kappa shape index (κ2) is 11.4. The van der Waals surface area contributed by atoms with E-state index in [0.717, 1.165) is 23.3 Å². The smallest absolute Gasteiger partial charge is 0.243 e. The largest absolute Gasteiger partial charge is 0.491 e. The number of thiophene rings is 1. The Morgan fingerprint density at radius 2 is 1.73 bits per heavy atom. The number of carbonyl (C=O) groups excluding carboxylic acids is 1. The molecule has 0 bridgehead atoms. The first-order valence-electron chi connectivity index (χ1n) is 12.7. The lowest BCUT2D eigenvalue weighted by atomic mass is 10.0. The molecule has 0 saturated heterocycles. The van der Waals surface area contributed by atoms with E-state index in [2.05, 4.69) is 32.0 Å². The van der Waals surface area contributed by atoms with E-state index in [-0.39, 0.29) is 29.4 Å². The Balaban J connectivity index is 1.55.